The van der Waals surface area contributed by atoms with Gasteiger partial charge < -0.3 is 15.4 Å². The number of likely N-dealkylation sites (N-methyl/N-ethyl adjacent to an activating group) is 1. The van der Waals surface area contributed by atoms with Gasteiger partial charge in [0.1, 0.15) is 5.75 Å². The Hall–Kier alpha value is -2.12. The third kappa shape index (κ3) is 5.82. The van der Waals surface area contributed by atoms with Crippen molar-refractivity contribution in [3.63, 3.8) is 0 Å². The number of hydrogen-bond donors (Lipinski definition) is 2. The van der Waals surface area contributed by atoms with E-state index in [1.807, 2.05) is 55.4 Å². The first-order chi connectivity index (χ1) is 11.5. The lowest BCUT2D eigenvalue weighted by Gasteiger charge is -2.16. The molecule has 24 heavy (non-hydrogen) atoms. The number of rotatable bonds is 8. The van der Waals surface area contributed by atoms with Crippen LogP contribution in [0.1, 0.15) is 19.5 Å². The molecule has 1 aromatic heterocycles. The number of aromatic nitrogens is 1. The van der Waals surface area contributed by atoms with Gasteiger partial charge in [-0.1, -0.05) is 0 Å². The van der Waals surface area contributed by atoms with E-state index in [-0.39, 0.29) is 11.9 Å². The number of carbonyl (C=O) groups is 1. The average Bonchev–Trinajstić information content (AvgIpc) is 2.93. The lowest BCUT2D eigenvalue weighted by Crippen LogP contribution is -2.38. The standard InChI is InChI=1S/C17H24N4O2S/c1-12(2)18-16(22)10-21(3)9-14-11-24-17(20-14)19-13-5-7-15(23-4)8-6-13/h5-8,11-12H,9-10H2,1-4H3,(H,18,22)(H,19,20). The predicted molar refractivity (Wildman–Crippen MR) is 98.0 cm³/mol. The van der Waals surface area contributed by atoms with Gasteiger partial charge in [0.05, 0.1) is 19.3 Å². The van der Waals surface area contributed by atoms with Crippen LogP contribution in [0.2, 0.25) is 0 Å². The molecule has 6 nitrogen and oxygen atoms in total. The molecule has 0 radical (unpaired) electrons. The molecule has 0 saturated heterocycles. The first-order valence-electron chi connectivity index (χ1n) is 7.79. The Labute approximate surface area is 146 Å². The van der Waals surface area contributed by atoms with Gasteiger partial charge in [-0.3, -0.25) is 9.69 Å². The van der Waals surface area contributed by atoms with E-state index in [0.717, 1.165) is 22.3 Å². The van der Waals surface area contributed by atoms with Crippen molar-refractivity contribution in [1.29, 1.82) is 0 Å². The molecule has 0 atom stereocenters. The molecule has 0 aliphatic heterocycles. The average molecular weight is 348 g/mol. The second-order valence-electron chi connectivity index (χ2n) is 5.89. The molecular weight excluding hydrogens is 324 g/mol. The van der Waals surface area contributed by atoms with Crippen molar-refractivity contribution in [2.24, 2.45) is 0 Å². The van der Waals surface area contributed by atoms with Gasteiger partial charge in [-0.15, -0.1) is 11.3 Å². The molecule has 1 heterocycles. The van der Waals surface area contributed by atoms with Gasteiger partial charge in [0.25, 0.3) is 0 Å². The Bertz CT molecular complexity index is 655. The monoisotopic (exact) mass is 348 g/mol. The van der Waals surface area contributed by atoms with Crippen molar-refractivity contribution < 1.29 is 9.53 Å². The minimum Gasteiger partial charge on any atom is -0.497 e. The van der Waals surface area contributed by atoms with Crippen molar-refractivity contribution in [2.75, 3.05) is 26.0 Å². The van der Waals surface area contributed by atoms with E-state index >= 15 is 0 Å². The smallest absolute Gasteiger partial charge is 0.234 e. The van der Waals surface area contributed by atoms with Crippen molar-refractivity contribution in [1.82, 2.24) is 15.2 Å². The number of ether oxygens (including phenoxy) is 1. The number of carbonyl (C=O) groups excluding carboxylic acids is 1. The molecule has 0 aliphatic carbocycles. The van der Waals surface area contributed by atoms with Crippen molar-refractivity contribution in [2.45, 2.75) is 26.4 Å². The Kier molecular flexibility index (Phi) is 6.57. The summed E-state index contributed by atoms with van der Waals surface area (Å²) in [7, 11) is 3.56. The molecule has 2 N–H and O–H groups in total. The fourth-order valence-electron chi connectivity index (χ4n) is 2.18. The van der Waals surface area contributed by atoms with E-state index in [0.29, 0.717) is 13.1 Å². The Morgan fingerprint density at radius 3 is 2.67 bits per heavy atom. The molecule has 1 aromatic carbocycles. The molecule has 0 aliphatic rings. The number of anilines is 2. The summed E-state index contributed by atoms with van der Waals surface area (Å²) < 4.78 is 5.14. The summed E-state index contributed by atoms with van der Waals surface area (Å²) in [6.45, 7) is 4.90. The predicted octanol–water partition coefficient (Wildman–Crippen LogP) is 2.85. The highest BCUT2D eigenvalue weighted by Gasteiger charge is 2.10. The summed E-state index contributed by atoms with van der Waals surface area (Å²) in [5.41, 5.74) is 1.90. The summed E-state index contributed by atoms with van der Waals surface area (Å²) in [4.78, 5) is 18.3. The fourth-order valence-corrected chi connectivity index (χ4v) is 2.90. The molecule has 0 fully saturated rings. The number of methoxy groups -OCH3 is 1. The highest BCUT2D eigenvalue weighted by molar-refractivity contribution is 7.13. The lowest BCUT2D eigenvalue weighted by atomic mass is 10.3. The van der Waals surface area contributed by atoms with Gasteiger partial charge in [-0.25, -0.2) is 4.98 Å². The van der Waals surface area contributed by atoms with Gasteiger partial charge in [-0.2, -0.15) is 0 Å². The van der Waals surface area contributed by atoms with Gasteiger partial charge >= 0.3 is 0 Å². The Morgan fingerprint density at radius 2 is 2.04 bits per heavy atom. The number of benzene rings is 1. The topological polar surface area (TPSA) is 66.5 Å². The molecular formula is C17H24N4O2S. The van der Waals surface area contributed by atoms with Gasteiger partial charge in [0, 0.05) is 23.7 Å². The zero-order chi connectivity index (χ0) is 17.5. The van der Waals surface area contributed by atoms with Gasteiger partial charge in [0.2, 0.25) is 5.91 Å². The molecule has 0 unspecified atom stereocenters. The Balaban J connectivity index is 1.86. The number of thiazole rings is 1. The van der Waals surface area contributed by atoms with Crippen LogP contribution < -0.4 is 15.4 Å². The van der Waals surface area contributed by atoms with Crippen molar-refractivity contribution >= 4 is 28.1 Å². The molecule has 1 amide bonds. The van der Waals surface area contributed by atoms with Crippen LogP contribution in [0.3, 0.4) is 0 Å². The van der Waals surface area contributed by atoms with Gasteiger partial charge in [0.15, 0.2) is 5.13 Å². The highest BCUT2D eigenvalue weighted by atomic mass is 32.1. The van der Waals surface area contributed by atoms with Crippen molar-refractivity contribution in [3.8, 4) is 5.75 Å². The SMILES string of the molecule is COc1ccc(Nc2nc(CN(C)CC(=O)NC(C)C)cs2)cc1. The molecule has 0 saturated carbocycles. The molecule has 7 heteroatoms. The third-order valence-electron chi connectivity index (χ3n) is 3.19. The van der Waals surface area contributed by atoms with E-state index in [9.17, 15) is 4.79 Å². The molecule has 0 spiro atoms. The fraction of sp³-hybridized carbons (Fsp3) is 0.412. The lowest BCUT2D eigenvalue weighted by molar-refractivity contribution is -0.122. The molecule has 0 bridgehead atoms. The maximum atomic E-state index is 11.8. The zero-order valence-corrected chi connectivity index (χ0v) is 15.3. The second kappa shape index (κ2) is 8.65. The number of hydrogen-bond acceptors (Lipinski definition) is 6. The normalized spacial score (nSPS) is 10.9. The van der Waals surface area contributed by atoms with Crippen LogP contribution in [0.15, 0.2) is 29.6 Å². The first-order valence-corrected chi connectivity index (χ1v) is 8.67. The zero-order valence-electron chi connectivity index (χ0n) is 14.5. The summed E-state index contributed by atoms with van der Waals surface area (Å²) in [6.07, 6.45) is 0. The van der Waals surface area contributed by atoms with Crippen molar-refractivity contribution in [3.05, 3.63) is 35.3 Å². The van der Waals surface area contributed by atoms with E-state index in [2.05, 4.69) is 15.6 Å². The largest absolute Gasteiger partial charge is 0.497 e. The summed E-state index contributed by atoms with van der Waals surface area (Å²) in [5.74, 6) is 0.848. The van der Waals surface area contributed by atoms with E-state index in [1.54, 1.807) is 18.4 Å². The van der Waals surface area contributed by atoms with Crippen LogP contribution in [0, 0.1) is 0 Å². The second-order valence-corrected chi connectivity index (χ2v) is 6.75. The van der Waals surface area contributed by atoms with Crippen LogP contribution in [0.5, 0.6) is 5.75 Å². The van der Waals surface area contributed by atoms with E-state index in [4.69, 9.17) is 4.74 Å². The van der Waals surface area contributed by atoms with Crippen LogP contribution in [0.4, 0.5) is 10.8 Å². The number of amides is 1. The van der Waals surface area contributed by atoms with Crippen LogP contribution in [-0.2, 0) is 11.3 Å². The molecule has 2 aromatic rings. The number of nitrogens with one attached hydrogen (secondary N) is 2. The third-order valence-corrected chi connectivity index (χ3v) is 3.99. The van der Waals surface area contributed by atoms with Gasteiger partial charge in [-0.05, 0) is 45.2 Å². The Morgan fingerprint density at radius 1 is 1.33 bits per heavy atom. The minimum atomic E-state index is 0.0271. The maximum absolute atomic E-state index is 11.8. The summed E-state index contributed by atoms with van der Waals surface area (Å²) in [5, 5.41) is 8.99. The van der Waals surface area contributed by atoms with E-state index < -0.39 is 0 Å². The summed E-state index contributed by atoms with van der Waals surface area (Å²) >= 11 is 1.55. The number of nitrogens with zero attached hydrogens (tertiary/aromatic N) is 2. The quantitative estimate of drug-likeness (QED) is 0.768. The molecule has 2 rings (SSSR count). The first kappa shape index (κ1) is 18.2. The highest BCUT2D eigenvalue weighted by Crippen LogP contribution is 2.23. The van der Waals surface area contributed by atoms with Crippen LogP contribution in [-0.4, -0.2) is 42.5 Å². The van der Waals surface area contributed by atoms with Crippen LogP contribution in [0.25, 0.3) is 0 Å². The summed E-state index contributed by atoms with van der Waals surface area (Å²) in [6, 6.07) is 7.85. The van der Waals surface area contributed by atoms with Crippen LogP contribution >= 0.6 is 11.3 Å². The minimum absolute atomic E-state index is 0.0271. The van der Waals surface area contributed by atoms with E-state index in [1.165, 1.54) is 0 Å². The maximum Gasteiger partial charge on any atom is 0.234 e. The molecule has 130 valence electrons.